The van der Waals surface area contributed by atoms with Crippen LogP contribution in [-0.2, 0) is 14.2 Å². The molecule has 0 amide bonds. The lowest BCUT2D eigenvalue weighted by molar-refractivity contribution is -0.232. The number of hydrogen-bond acceptors (Lipinski definition) is 3. The molecule has 0 atom stereocenters. The minimum Gasteiger partial charge on any atom is -0.378 e. The van der Waals surface area contributed by atoms with E-state index in [0.717, 1.165) is 38.7 Å². The van der Waals surface area contributed by atoms with E-state index >= 15 is 0 Å². The number of hydrogen-bond donors (Lipinski definition) is 0. The molecular formula is C21H37F3O3. The predicted molar refractivity (Wildman–Crippen MR) is 99.5 cm³/mol. The van der Waals surface area contributed by atoms with Crippen LogP contribution in [0.2, 0.25) is 0 Å². The Morgan fingerprint density at radius 3 is 2.19 bits per heavy atom. The summed E-state index contributed by atoms with van der Waals surface area (Å²) in [4.78, 5) is 0. The Hall–Kier alpha value is -0.330. The Balaban J connectivity index is 1.52. The number of unbranched alkanes of at least 4 members (excludes halogenated alkanes) is 4. The molecule has 0 aromatic carbocycles. The molecule has 0 N–H and O–H groups in total. The molecule has 6 heteroatoms. The van der Waals surface area contributed by atoms with Crippen molar-refractivity contribution in [2.45, 2.75) is 103 Å². The fourth-order valence-corrected chi connectivity index (χ4v) is 4.07. The molecule has 0 unspecified atom stereocenters. The summed E-state index contributed by atoms with van der Waals surface area (Å²) in [6, 6.07) is 0. The molecule has 0 radical (unpaired) electrons. The molecule has 160 valence electrons. The SMILES string of the molecule is CCCCCCCO[C@H]1CC[C@H]([C@H]2OC[C@H](CCCC(F)(F)F)CO2)CC1. The number of halogens is 3. The molecule has 1 aliphatic carbocycles. The van der Waals surface area contributed by atoms with Crippen LogP contribution in [0, 0.1) is 11.8 Å². The number of alkyl halides is 3. The topological polar surface area (TPSA) is 27.7 Å². The third kappa shape index (κ3) is 9.62. The van der Waals surface area contributed by atoms with Gasteiger partial charge in [-0.25, -0.2) is 0 Å². The summed E-state index contributed by atoms with van der Waals surface area (Å²) in [6.45, 7) is 4.14. The Kier molecular flexibility index (Phi) is 10.4. The van der Waals surface area contributed by atoms with Gasteiger partial charge in [-0.1, -0.05) is 32.6 Å². The summed E-state index contributed by atoms with van der Waals surface area (Å²) in [6.07, 6.45) is 6.60. The highest BCUT2D eigenvalue weighted by atomic mass is 19.4. The maximum atomic E-state index is 12.2. The first kappa shape index (κ1) is 23.0. The molecule has 0 bridgehead atoms. The van der Waals surface area contributed by atoms with Gasteiger partial charge in [0.05, 0.1) is 19.3 Å². The summed E-state index contributed by atoms with van der Waals surface area (Å²) in [5, 5.41) is 0. The van der Waals surface area contributed by atoms with E-state index in [4.69, 9.17) is 14.2 Å². The van der Waals surface area contributed by atoms with E-state index in [1.807, 2.05) is 0 Å². The van der Waals surface area contributed by atoms with Gasteiger partial charge in [0.25, 0.3) is 0 Å². The Morgan fingerprint density at radius 1 is 0.889 bits per heavy atom. The zero-order valence-corrected chi connectivity index (χ0v) is 16.8. The predicted octanol–water partition coefficient (Wildman–Crippen LogP) is 6.25. The normalized spacial score (nSPS) is 29.8. The largest absolute Gasteiger partial charge is 0.389 e. The molecule has 1 saturated heterocycles. The smallest absolute Gasteiger partial charge is 0.378 e. The molecule has 0 aromatic heterocycles. The van der Waals surface area contributed by atoms with Crippen molar-refractivity contribution in [1.29, 1.82) is 0 Å². The van der Waals surface area contributed by atoms with Crippen LogP contribution in [0.1, 0.15) is 84.0 Å². The highest BCUT2D eigenvalue weighted by Gasteiger charge is 2.33. The maximum Gasteiger partial charge on any atom is 0.389 e. The number of rotatable bonds is 11. The van der Waals surface area contributed by atoms with Crippen LogP contribution >= 0.6 is 0 Å². The molecule has 1 aliphatic heterocycles. The van der Waals surface area contributed by atoms with E-state index in [1.165, 1.54) is 25.7 Å². The second-order valence-corrected chi connectivity index (χ2v) is 8.23. The van der Waals surface area contributed by atoms with Crippen molar-refractivity contribution >= 4 is 0 Å². The van der Waals surface area contributed by atoms with Crippen molar-refractivity contribution in [3.8, 4) is 0 Å². The van der Waals surface area contributed by atoms with Gasteiger partial charge in [0, 0.05) is 24.9 Å². The highest BCUT2D eigenvalue weighted by Crippen LogP contribution is 2.33. The Labute approximate surface area is 162 Å². The van der Waals surface area contributed by atoms with Crippen LogP contribution in [-0.4, -0.2) is 38.4 Å². The van der Waals surface area contributed by atoms with Crippen LogP contribution in [0.5, 0.6) is 0 Å². The molecule has 27 heavy (non-hydrogen) atoms. The lowest BCUT2D eigenvalue weighted by Gasteiger charge is -2.37. The van der Waals surface area contributed by atoms with E-state index in [-0.39, 0.29) is 18.6 Å². The van der Waals surface area contributed by atoms with Crippen LogP contribution in [0.3, 0.4) is 0 Å². The molecule has 2 rings (SSSR count). The van der Waals surface area contributed by atoms with Gasteiger partial charge in [-0.15, -0.1) is 0 Å². The molecule has 2 fully saturated rings. The van der Waals surface area contributed by atoms with Crippen molar-refractivity contribution in [3.05, 3.63) is 0 Å². The average molecular weight is 395 g/mol. The molecule has 0 spiro atoms. The molecule has 2 aliphatic rings. The summed E-state index contributed by atoms with van der Waals surface area (Å²) < 4.78 is 54.4. The van der Waals surface area contributed by atoms with E-state index < -0.39 is 12.6 Å². The zero-order valence-electron chi connectivity index (χ0n) is 16.8. The minimum atomic E-state index is -4.06. The first-order valence-corrected chi connectivity index (χ1v) is 10.9. The fourth-order valence-electron chi connectivity index (χ4n) is 4.07. The van der Waals surface area contributed by atoms with Gasteiger partial charge in [0.2, 0.25) is 0 Å². The van der Waals surface area contributed by atoms with Gasteiger partial charge in [0.15, 0.2) is 6.29 Å². The quantitative estimate of drug-likeness (QED) is 0.387. The molecule has 1 heterocycles. The summed E-state index contributed by atoms with van der Waals surface area (Å²) in [5.74, 6) is 0.488. The second kappa shape index (κ2) is 12.3. The minimum absolute atomic E-state index is 0.0935. The van der Waals surface area contributed by atoms with Gasteiger partial charge < -0.3 is 14.2 Å². The summed E-state index contributed by atoms with van der Waals surface area (Å²) in [5.41, 5.74) is 0. The summed E-state index contributed by atoms with van der Waals surface area (Å²) in [7, 11) is 0. The van der Waals surface area contributed by atoms with Gasteiger partial charge in [-0.3, -0.25) is 0 Å². The number of ether oxygens (including phenoxy) is 3. The van der Waals surface area contributed by atoms with E-state index in [2.05, 4.69) is 6.92 Å². The lowest BCUT2D eigenvalue weighted by atomic mass is 9.86. The van der Waals surface area contributed by atoms with Crippen LogP contribution in [0.4, 0.5) is 13.2 Å². The third-order valence-electron chi connectivity index (χ3n) is 5.77. The van der Waals surface area contributed by atoms with Crippen molar-refractivity contribution in [2.24, 2.45) is 11.8 Å². The van der Waals surface area contributed by atoms with Crippen molar-refractivity contribution in [3.63, 3.8) is 0 Å². The first-order valence-electron chi connectivity index (χ1n) is 10.9. The first-order chi connectivity index (χ1) is 13.0. The highest BCUT2D eigenvalue weighted by molar-refractivity contribution is 4.77. The van der Waals surface area contributed by atoms with E-state index in [9.17, 15) is 13.2 Å². The maximum absolute atomic E-state index is 12.2. The summed E-state index contributed by atoms with van der Waals surface area (Å²) >= 11 is 0. The monoisotopic (exact) mass is 394 g/mol. The van der Waals surface area contributed by atoms with Crippen molar-refractivity contribution < 1.29 is 27.4 Å². The van der Waals surface area contributed by atoms with Crippen LogP contribution in [0.25, 0.3) is 0 Å². The van der Waals surface area contributed by atoms with E-state index in [1.54, 1.807) is 0 Å². The van der Waals surface area contributed by atoms with E-state index in [0.29, 0.717) is 31.7 Å². The van der Waals surface area contributed by atoms with Gasteiger partial charge in [-0.05, 0) is 44.9 Å². The van der Waals surface area contributed by atoms with Gasteiger partial charge >= 0.3 is 6.18 Å². The molecular weight excluding hydrogens is 357 g/mol. The lowest BCUT2D eigenvalue weighted by Crippen LogP contribution is -2.39. The Bertz CT molecular complexity index is 373. The van der Waals surface area contributed by atoms with Gasteiger partial charge in [0.1, 0.15) is 0 Å². The molecule has 3 nitrogen and oxygen atoms in total. The second-order valence-electron chi connectivity index (χ2n) is 8.23. The Morgan fingerprint density at radius 2 is 1.56 bits per heavy atom. The van der Waals surface area contributed by atoms with Crippen molar-refractivity contribution in [2.75, 3.05) is 19.8 Å². The molecule has 0 aromatic rings. The molecule has 1 saturated carbocycles. The standard InChI is InChI=1S/C21H37F3O3/c1-2-3-4-5-6-14-25-19-11-9-18(10-12-19)20-26-15-17(16-27-20)8-7-13-21(22,23)24/h17-20H,2-16H2,1H3/t17-,18-,19-,20-. The fraction of sp³-hybridized carbons (Fsp3) is 1.00. The van der Waals surface area contributed by atoms with Crippen LogP contribution < -0.4 is 0 Å². The average Bonchev–Trinajstić information content (AvgIpc) is 2.65. The third-order valence-corrected chi connectivity index (χ3v) is 5.77. The van der Waals surface area contributed by atoms with Crippen molar-refractivity contribution in [1.82, 2.24) is 0 Å². The van der Waals surface area contributed by atoms with Gasteiger partial charge in [-0.2, -0.15) is 13.2 Å². The zero-order chi connectivity index (χ0) is 19.5. The van der Waals surface area contributed by atoms with Crippen LogP contribution in [0.15, 0.2) is 0 Å².